The molecule has 2 aromatic carbocycles. The predicted octanol–water partition coefficient (Wildman–Crippen LogP) is 5.81. The number of hydrogen-bond donors (Lipinski definition) is 1. The van der Waals surface area contributed by atoms with Crippen LogP contribution in [0.4, 0.5) is 18.9 Å². The van der Waals surface area contributed by atoms with Crippen LogP contribution in [-0.4, -0.2) is 41.8 Å². The van der Waals surface area contributed by atoms with Crippen molar-refractivity contribution in [1.82, 2.24) is 9.88 Å². The van der Waals surface area contributed by atoms with E-state index in [2.05, 4.69) is 15.3 Å². The first-order valence-electron chi connectivity index (χ1n) is 10.8. The molecule has 6 nitrogen and oxygen atoms in total. The third-order valence-electron chi connectivity index (χ3n) is 5.35. The second kappa shape index (κ2) is 10.4. The van der Waals surface area contributed by atoms with Crippen molar-refractivity contribution < 1.29 is 22.7 Å². The molecule has 0 spiro atoms. The maximum atomic E-state index is 13.0. The highest BCUT2D eigenvalue weighted by Gasteiger charge is 2.33. The van der Waals surface area contributed by atoms with Crippen molar-refractivity contribution >= 4 is 29.0 Å². The summed E-state index contributed by atoms with van der Waals surface area (Å²) in [6.07, 6.45) is -2.48. The monoisotopic (exact) mass is 502 g/mol. The van der Waals surface area contributed by atoms with Crippen LogP contribution in [0.5, 0.6) is 11.5 Å². The number of aliphatic imine (C=N–C) groups is 1. The lowest BCUT2D eigenvalue weighted by atomic mass is 10.1. The Labute approximate surface area is 205 Å². The van der Waals surface area contributed by atoms with E-state index >= 15 is 0 Å². The Morgan fingerprint density at radius 2 is 1.94 bits per heavy atom. The average Bonchev–Trinajstić information content (AvgIpc) is 3.24. The highest BCUT2D eigenvalue weighted by atomic mass is 35.5. The SMILES string of the molecule is CN1CCN=C1c1cc(Oc2cccc(CCC(=O)Nc3ccc(Cl)c(C(F)(F)F)c3)c2)ccn1. The van der Waals surface area contributed by atoms with Gasteiger partial charge in [-0.15, -0.1) is 0 Å². The first-order valence-corrected chi connectivity index (χ1v) is 11.2. The second-order valence-corrected chi connectivity index (χ2v) is 8.40. The summed E-state index contributed by atoms with van der Waals surface area (Å²) in [6, 6.07) is 14.1. The van der Waals surface area contributed by atoms with E-state index in [4.69, 9.17) is 16.3 Å². The summed E-state index contributed by atoms with van der Waals surface area (Å²) in [5.41, 5.74) is 0.618. The Bertz CT molecular complexity index is 1260. The van der Waals surface area contributed by atoms with E-state index in [1.807, 2.05) is 36.2 Å². The van der Waals surface area contributed by atoms with Gasteiger partial charge in [-0.1, -0.05) is 23.7 Å². The molecule has 10 heteroatoms. The molecule has 35 heavy (non-hydrogen) atoms. The summed E-state index contributed by atoms with van der Waals surface area (Å²) in [5, 5.41) is 2.07. The van der Waals surface area contributed by atoms with Crippen molar-refractivity contribution in [3.63, 3.8) is 0 Å². The van der Waals surface area contributed by atoms with Gasteiger partial charge in [0.25, 0.3) is 0 Å². The highest BCUT2D eigenvalue weighted by molar-refractivity contribution is 6.31. The molecule has 0 radical (unpaired) electrons. The molecule has 0 unspecified atom stereocenters. The first kappa shape index (κ1) is 24.5. The summed E-state index contributed by atoms with van der Waals surface area (Å²) < 4.78 is 45.1. The maximum absolute atomic E-state index is 13.0. The number of ether oxygens (including phenoxy) is 1. The van der Waals surface area contributed by atoms with Gasteiger partial charge in [-0.05, 0) is 48.4 Å². The normalized spacial score (nSPS) is 13.5. The Kier molecular flexibility index (Phi) is 7.25. The molecule has 0 aliphatic carbocycles. The number of rotatable bonds is 7. The summed E-state index contributed by atoms with van der Waals surface area (Å²) >= 11 is 5.62. The molecule has 0 atom stereocenters. The first-order chi connectivity index (χ1) is 16.7. The number of halogens is 4. The van der Waals surface area contributed by atoms with Gasteiger partial charge < -0.3 is 15.0 Å². The molecule has 4 rings (SSSR count). The van der Waals surface area contributed by atoms with Gasteiger partial charge >= 0.3 is 6.18 Å². The van der Waals surface area contributed by atoms with E-state index in [9.17, 15) is 18.0 Å². The smallest absolute Gasteiger partial charge is 0.417 e. The molecule has 0 saturated carbocycles. The molecule has 0 fully saturated rings. The Balaban J connectivity index is 1.37. The third-order valence-corrected chi connectivity index (χ3v) is 5.68. The van der Waals surface area contributed by atoms with Crippen molar-refractivity contribution in [2.75, 3.05) is 25.5 Å². The van der Waals surface area contributed by atoms with E-state index in [0.717, 1.165) is 42.3 Å². The number of carbonyl (C=O) groups excluding carboxylic acids is 1. The minimum atomic E-state index is -4.60. The van der Waals surface area contributed by atoms with Crippen LogP contribution in [0, 0.1) is 0 Å². The number of hydrogen-bond acceptors (Lipinski definition) is 5. The van der Waals surface area contributed by atoms with Crippen molar-refractivity contribution in [3.05, 3.63) is 82.6 Å². The van der Waals surface area contributed by atoms with Crippen molar-refractivity contribution in [3.8, 4) is 11.5 Å². The van der Waals surface area contributed by atoms with E-state index in [0.29, 0.717) is 17.9 Å². The number of alkyl halides is 3. The molecule has 182 valence electrons. The van der Waals surface area contributed by atoms with Gasteiger partial charge in [0, 0.05) is 38.0 Å². The van der Waals surface area contributed by atoms with Gasteiger partial charge in [0.2, 0.25) is 5.91 Å². The molecule has 3 aromatic rings. The molecule has 1 N–H and O–H groups in total. The third kappa shape index (κ3) is 6.30. The van der Waals surface area contributed by atoms with Crippen LogP contribution >= 0.6 is 11.6 Å². The molecule has 0 bridgehead atoms. The number of carbonyl (C=O) groups is 1. The summed E-state index contributed by atoms with van der Waals surface area (Å²) in [4.78, 5) is 23.2. The Morgan fingerprint density at radius 1 is 1.14 bits per heavy atom. The lowest BCUT2D eigenvalue weighted by Crippen LogP contribution is -2.24. The van der Waals surface area contributed by atoms with E-state index < -0.39 is 22.7 Å². The molecule has 1 aliphatic rings. The number of aromatic nitrogens is 1. The lowest BCUT2D eigenvalue weighted by Gasteiger charge is -2.14. The fraction of sp³-hybridized carbons (Fsp3) is 0.240. The zero-order chi connectivity index (χ0) is 25.0. The number of nitrogens with zero attached hydrogens (tertiary/aromatic N) is 3. The van der Waals surface area contributed by atoms with Crippen molar-refractivity contribution in [2.45, 2.75) is 19.0 Å². The predicted molar refractivity (Wildman–Crippen MR) is 128 cm³/mol. The second-order valence-electron chi connectivity index (χ2n) is 7.99. The van der Waals surface area contributed by atoms with Gasteiger partial charge in [0.1, 0.15) is 23.0 Å². The van der Waals surface area contributed by atoms with Crippen LogP contribution < -0.4 is 10.1 Å². The number of nitrogens with one attached hydrogen (secondary N) is 1. The topological polar surface area (TPSA) is 66.8 Å². The number of likely N-dealkylation sites (N-methyl/N-ethyl adjacent to an activating group) is 1. The molecular weight excluding hydrogens is 481 g/mol. The standard InChI is InChI=1S/C25H22ClF3N4O2/c1-33-12-11-31-24(33)22-15-19(9-10-30-22)35-18-4-2-3-16(13-18)5-8-23(34)32-17-6-7-21(26)20(14-17)25(27,28)29/h2-4,6-7,9-10,13-15H,5,8,11-12H2,1H3,(H,32,34). The van der Waals surface area contributed by atoms with Gasteiger partial charge in [0.15, 0.2) is 0 Å². The largest absolute Gasteiger partial charge is 0.457 e. The van der Waals surface area contributed by atoms with Crippen molar-refractivity contribution in [2.24, 2.45) is 4.99 Å². The quantitative estimate of drug-likeness (QED) is 0.443. The molecule has 1 aromatic heterocycles. The Hall–Kier alpha value is -3.59. The molecular formula is C25H22ClF3N4O2. The number of aryl methyl sites for hydroxylation is 1. The zero-order valence-electron chi connectivity index (χ0n) is 18.8. The van der Waals surface area contributed by atoms with Crippen molar-refractivity contribution in [1.29, 1.82) is 0 Å². The highest BCUT2D eigenvalue weighted by Crippen LogP contribution is 2.36. The molecule has 1 aliphatic heterocycles. The number of pyridine rings is 1. The average molecular weight is 503 g/mol. The number of amides is 1. The van der Waals surface area contributed by atoms with Crippen LogP contribution in [0.1, 0.15) is 23.2 Å². The Morgan fingerprint density at radius 3 is 2.69 bits per heavy atom. The van der Waals surface area contributed by atoms with Crippen LogP contribution in [0.2, 0.25) is 5.02 Å². The van der Waals surface area contributed by atoms with Crippen LogP contribution in [0.25, 0.3) is 0 Å². The fourth-order valence-corrected chi connectivity index (χ4v) is 3.83. The molecule has 2 heterocycles. The van der Waals surface area contributed by atoms with E-state index in [-0.39, 0.29) is 12.1 Å². The lowest BCUT2D eigenvalue weighted by molar-refractivity contribution is -0.137. The minimum absolute atomic E-state index is 0.0369. The van der Waals surface area contributed by atoms with E-state index in [1.165, 1.54) is 6.07 Å². The molecule has 0 saturated heterocycles. The molecule has 1 amide bonds. The van der Waals surface area contributed by atoms with E-state index in [1.54, 1.807) is 18.3 Å². The maximum Gasteiger partial charge on any atom is 0.417 e. The zero-order valence-corrected chi connectivity index (χ0v) is 19.5. The summed E-state index contributed by atoms with van der Waals surface area (Å²) in [6.45, 7) is 1.58. The van der Waals surface area contributed by atoms with Gasteiger partial charge in [0.05, 0.1) is 17.1 Å². The summed E-state index contributed by atoms with van der Waals surface area (Å²) in [5.74, 6) is 1.61. The van der Waals surface area contributed by atoms with Crippen LogP contribution in [-0.2, 0) is 17.4 Å². The summed E-state index contributed by atoms with van der Waals surface area (Å²) in [7, 11) is 1.96. The minimum Gasteiger partial charge on any atom is -0.457 e. The van der Waals surface area contributed by atoms with Gasteiger partial charge in [-0.3, -0.25) is 14.8 Å². The number of anilines is 1. The number of benzene rings is 2. The van der Waals surface area contributed by atoms with Gasteiger partial charge in [-0.2, -0.15) is 13.2 Å². The van der Waals surface area contributed by atoms with Crippen LogP contribution in [0.15, 0.2) is 65.8 Å². The van der Waals surface area contributed by atoms with Crippen LogP contribution in [0.3, 0.4) is 0 Å². The van der Waals surface area contributed by atoms with Gasteiger partial charge in [-0.25, -0.2) is 0 Å². The fourth-order valence-electron chi connectivity index (χ4n) is 3.61. The number of amidine groups is 1.